The Morgan fingerprint density at radius 3 is 2.35 bits per heavy atom. The summed E-state index contributed by atoms with van der Waals surface area (Å²) in [6, 6.07) is 18.8. The molecule has 4 aromatic rings. The van der Waals surface area contributed by atoms with Gasteiger partial charge >= 0.3 is 0 Å². The lowest BCUT2D eigenvalue weighted by Gasteiger charge is -2.19. The van der Waals surface area contributed by atoms with Gasteiger partial charge in [0.15, 0.2) is 35.7 Å². The maximum atomic E-state index is 6.33. The Balaban J connectivity index is 0.00000274. The van der Waals surface area contributed by atoms with E-state index in [4.69, 9.17) is 18.9 Å². The molecule has 0 radical (unpaired) electrons. The first-order valence-corrected chi connectivity index (χ1v) is 11.1. The molecule has 1 aliphatic heterocycles. The highest BCUT2D eigenvalue weighted by molar-refractivity contribution is 5.91. The Kier molecular flexibility index (Phi) is 6.98. The summed E-state index contributed by atoms with van der Waals surface area (Å²) in [5.41, 5.74) is 5.93. The van der Waals surface area contributed by atoms with Crippen molar-refractivity contribution in [2.45, 2.75) is 26.5 Å². The fourth-order valence-electron chi connectivity index (χ4n) is 4.60. The van der Waals surface area contributed by atoms with Gasteiger partial charge in [0.05, 0.1) is 32.3 Å². The van der Waals surface area contributed by atoms with Crippen molar-refractivity contribution in [3.05, 3.63) is 77.5 Å². The number of rotatable bonds is 6. The van der Waals surface area contributed by atoms with Crippen LogP contribution in [0.3, 0.4) is 0 Å². The molecule has 3 aromatic carbocycles. The number of fused-ring (bicyclic) bond motifs is 4. The van der Waals surface area contributed by atoms with Gasteiger partial charge in [-0.1, -0.05) is 29.8 Å². The van der Waals surface area contributed by atoms with Crippen molar-refractivity contribution in [1.29, 1.82) is 0 Å². The number of aromatic nitrogens is 1. The van der Waals surface area contributed by atoms with Crippen LogP contribution in [-0.4, -0.2) is 21.3 Å². The highest BCUT2D eigenvalue weighted by atomic mass is 79.9. The number of hydrogen-bond donors (Lipinski definition) is 0. The van der Waals surface area contributed by atoms with Crippen molar-refractivity contribution >= 4 is 10.8 Å². The Bertz CT molecular complexity index is 1350. The lowest BCUT2D eigenvalue weighted by atomic mass is 9.95. The lowest BCUT2D eigenvalue weighted by Crippen LogP contribution is -3.00. The predicted octanol–water partition coefficient (Wildman–Crippen LogP) is 2.27. The number of pyridine rings is 1. The zero-order valence-electron chi connectivity index (χ0n) is 19.9. The molecule has 0 bridgehead atoms. The summed E-state index contributed by atoms with van der Waals surface area (Å²) >= 11 is 0. The molecule has 0 N–H and O–H groups in total. The zero-order chi connectivity index (χ0) is 22.9. The molecule has 1 aliphatic rings. The molecule has 0 fully saturated rings. The van der Waals surface area contributed by atoms with E-state index in [-0.39, 0.29) is 17.0 Å². The molecule has 5 nitrogen and oxygen atoms in total. The summed E-state index contributed by atoms with van der Waals surface area (Å²) < 4.78 is 25.4. The minimum atomic E-state index is 0. The summed E-state index contributed by atoms with van der Waals surface area (Å²) in [5.74, 6) is 3.01. The van der Waals surface area contributed by atoms with Crippen molar-refractivity contribution in [2.24, 2.45) is 0 Å². The third-order valence-electron chi connectivity index (χ3n) is 6.27. The summed E-state index contributed by atoms with van der Waals surface area (Å²) in [4.78, 5) is 0. The van der Waals surface area contributed by atoms with Crippen molar-refractivity contribution < 1.29 is 40.5 Å². The smallest absolute Gasteiger partial charge is 0.213 e. The molecule has 5 rings (SSSR count). The van der Waals surface area contributed by atoms with Crippen LogP contribution in [0, 0.1) is 6.92 Å². The van der Waals surface area contributed by atoms with Crippen LogP contribution in [0.25, 0.3) is 22.0 Å². The molecular formula is C28H28BrNO4. The second kappa shape index (κ2) is 9.94. The van der Waals surface area contributed by atoms with Gasteiger partial charge in [-0.05, 0) is 47.7 Å². The van der Waals surface area contributed by atoms with Crippen LogP contribution in [0.15, 0.2) is 60.8 Å². The van der Waals surface area contributed by atoms with Crippen LogP contribution >= 0.6 is 0 Å². The molecule has 0 amide bonds. The number of methoxy groups -OCH3 is 3. The number of nitrogens with zero attached hydrogens (tertiary/aromatic N) is 1. The van der Waals surface area contributed by atoms with Crippen molar-refractivity contribution in [2.75, 3.05) is 21.3 Å². The monoisotopic (exact) mass is 521 g/mol. The van der Waals surface area contributed by atoms with Crippen LogP contribution in [-0.2, 0) is 19.6 Å². The van der Waals surface area contributed by atoms with E-state index in [0.29, 0.717) is 6.61 Å². The average Bonchev–Trinajstić information content (AvgIpc) is 2.85. The summed E-state index contributed by atoms with van der Waals surface area (Å²) in [6.07, 6.45) is 3.10. The quantitative estimate of drug-likeness (QED) is 0.365. The molecule has 2 heterocycles. The van der Waals surface area contributed by atoms with Gasteiger partial charge in [0.25, 0.3) is 0 Å². The van der Waals surface area contributed by atoms with Crippen LogP contribution in [0.2, 0.25) is 0 Å². The van der Waals surface area contributed by atoms with E-state index in [9.17, 15) is 0 Å². The van der Waals surface area contributed by atoms with Crippen LogP contribution in [0.4, 0.5) is 0 Å². The van der Waals surface area contributed by atoms with Crippen molar-refractivity contribution in [1.82, 2.24) is 0 Å². The lowest BCUT2D eigenvalue weighted by molar-refractivity contribution is -0.686. The van der Waals surface area contributed by atoms with E-state index < -0.39 is 0 Å². The number of halogens is 1. The summed E-state index contributed by atoms with van der Waals surface area (Å²) in [5, 5.41) is 2.14. The minimum absolute atomic E-state index is 0. The molecule has 0 atom stereocenters. The third-order valence-corrected chi connectivity index (χ3v) is 6.27. The van der Waals surface area contributed by atoms with E-state index in [1.54, 1.807) is 21.3 Å². The third kappa shape index (κ3) is 4.30. The SMILES string of the molecule is COc1cc2c(cc1OC)-c1cc3ccc(OC)c(OCc4cccc(C)c4)c3c[n+]1CC2.[Br-]. The second-order valence-electron chi connectivity index (χ2n) is 8.34. The Labute approximate surface area is 210 Å². The van der Waals surface area contributed by atoms with Gasteiger partial charge in [0.1, 0.15) is 6.61 Å². The summed E-state index contributed by atoms with van der Waals surface area (Å²) in [6.45, 7) is 3.45. The molecule has 0 spiro atoms. The number of benzene rings is 3. The standard InChI is InChI=1S/C28H28NO4.BrH/c1-18-6-5-7-19(12-18)17-33-28-23-16-29-11-10-21-14-26(31-3)27(32-4)15-22(21)24(29)13-20(23)8-9-25(28)30-2;/h5-9,12-16H,10-11,17H2,1-4H3;1H/q+1;/p-1. The Hall–Kier alpha value is -3.25. The van der Waals surface area contributed by atoms with Crippen LogP contribution in [0.5, 0.6) is 23.0 Å². The first-order chi connectivity index (χ1) is 16.1. The van der Waals surface area contributed by atoms with E-state index in [0.717, 1.165) is 58.0 Å². The normalized spacial score (nSPS) is 11.8. The molecule has 6 heteroatoms. The Morgan fingerprint density at radius 1 is 0.853 bits per heavy atom. The molecule has 0 saturated heterocycles. The fraction of sp³-hybridized carbons (Fsp3) is 0.250. The topological polar surface area (TPSA) is 40.8 Å². The Morgan fingerprint density at radius 2 is 1.62 bits per heavy atom. The molecule has 176 valence electrons. The first kappa shape index (κ1) is 23.9. The van der Waals surface area contributed by atoms with Crippen molar-refractivity contribution in [3.8, 4) is 34.3 Å². The molecule has 0 unspecified atom stereocenters. The van der Waals surface area contributed by atoms with Gasteiger partial charge in [-0.15, -0.1) is 0 Å². The summed E-state index contributed by atoms with van der Waals surface area (Å²) in [7, 11) is 5.03. The van der Waals surface area contributed by atoms with Gasteiger partial charge in [-0.2, -0.15) is 4.57 Å². The zero-order valence-corrected chi connectivity index (χ0v) is 21.4. The number of hydrogen-bond acceptors (Lipinski definition) is 4. The van der Waals surface area contributed by atoms with Gasteiger partial charge in [0.2, 0.25) is 5.69 Å². The average molecular weight is 522 g/mol. The largest absolute Gasteiger partial charge is 1.00 e. The van der Waals surface area contributed by atoms with E-state index in [1.807, 2.05) is 6.07 Å². The molecule has 0 aliphatic carbocycles. The second-order valence-corrected chi connectivity index (χ2v) is 8.34. The fourth-order valence-corrected chi connectivity index (χ4v) is 4.60. The highest BCUT2D eigenvalue weighted by Crippen LogP contribution is 2.40. The maximum absolute atomic E-state index is 6.33. The molecule has 34 heavy (non-hydrogen) atoms. The van der Waals surface area contributed by atoms with Gasteiger partial charge < -0.3 is 35.9 Å². The first-order valence-electron chi connectivity index (χ1n) is 11.1. The van der Waals surface area contributed by atoms with E-state index in [1.165, 1.54) is 16.7 Å². The van der Waals surface area contributed by atoms with Crippen molar-refractivity contribution in [3.63, 3.8) is 0 Å². The van der Waals surface area contributed by atoms with E-state index in [2.05, 4.69) is 66.2 Å². The van der Waals surface area contributed by atoms with Crippen LogP contribution in [0.1, 0.15) is 16.7 Å². The van der Waals surface area contributed by atoms with Crippen LogP contribution < -0.4 is 40.5 Å². The molecule has 0 saturated carbocycles. The van der Waals surface area contributed by atoms with Gasteiger partial charge in [-0.3, -0.25) is 0 Å². The number of ether oxygens (including phenoxy) is 4. The predicted molar refractivity (Wildman–Crippen MR) is 128 cm³/mol. The minimum Gasteiger partial charge on any atom is -1.00 e. The van der Waals surface area contributed by atoms with Gasteiger partial charge in [0, 0.05) is 12.5 Å². The maximum Gasteiger partial charge on any atom is 0.213 e. The molecule has 1 aromatic heterocycles. The number of aryl methyl sites for hydroxylation is 3. The molecular weight excluding hydrogens is 494 g/mol. The van der Waals surface area contributed by atoms with Gasteiger partial charge in [-0.25, -0.2) is 0 Å². The van der Waals surface area contributed by atoms with E-state index >= 15 is 0 Å². The highest BCUT2D eigenvalue weighted by Gasteiger charge is 2.27.